The molecule has 0 aromatic carbocycles. The number of pyridine rings is 1. The summed E-state index contributed by atoms with van der Waals surface area (Å²) in [5.41, 5.74) is 2.21. The molecule has 2 aromatic heterocycles. The van der Waals surface area contributed by atoms with E-state index in [0.717, 1.165) is 17.0 Å². The highest BCUT2D eigenvalue weighted by Gasteiger charge is 2.16. The van der Waals surface area contributed by atoms with Crippen LogP contribution < -0.4 is 5.32 Å². The van der Waals surface area contributed by atoms with E-state index in [4.69, 9.17) is 0 Å². The summed E-state index contributed by atoms with van der Waals surface area (Å²) in [6, 6.07) is 2.61. The van der Waals surface area contributed by atoms with Gasteiger partial charge in [-0.2, -0.15) is 5.10 Å². The average molecular weight is 244 g/mol. The van der Waals surface area contributed by atoms with E-state index in [-0.39, 0.29) is 0 Å². The molecule has 1 aliphatic carbocycles. The van der Waals surface area contributed by atoms with Crippen molar-refractivity contribution in [1.82, 2.24) is 14.8 Å². The smallest absolute Gasteiger partial charge is 0.137 e. The maximum atomic E-state index is 4.51. The van der Waals surface area contributed by atoms with Crippen molar-refractivity contribution in [3.8, 4) is 0 Å². The molecule has 1 N–H and O–H groups in total. The van der Waals surface area contributed by atoms with Gasteiger partial charge < -0.3 is 5.32 Å². The molecule has 0 atom stereocenters. The zero-order valence-electron chi connectivity index (χ0n) is 11.1. The van der Waals surface area contributed by atoms with Crippen LogP contribution in [0.15, 0.2) is 12.3 Å². The van der Waals surface area contributed by atoms with Gasteiger partial charge in [0.15, 0.2) is 0 Å². The Morgan fingerprint density at radius 1 is 1.28 bits per heavy atom. The lowest BCUT2D eigenvalue weighted by Gasteiger charge is -2.23. The first-order valence-corrected chi connectivity index (χ1v) is 6.80. The molecule has 96 valence electrons. The van der Waals surface area contributed by atoms with E-state index >= 15 is 0 Å². The summed E-state index contributed by atoms with van der Waals surface area (Å²) in [6.07, 6.45) is 8.43. The van der Waals surface area contributed by atoms with Gasteiger partial charge in [0.2, 0.25) is 0 Å². The Hall–Kier alpha value is -1.58. The molecule has 0 radical (unpaired) electrons. The first-order chi connectivity index (χ1) is 8.75. The number of fused-ring (bicyclic) bond motifs is 1. The molecule has 0 spiro atoms. The van der Waals surface area contributed by atoms with Gasteiger partial charge in [-0.1, -0.05) is 19.3 Å². The standard InChI is InChI=1S/C14H20N4/c1-10-13-12(18(2)17-10)8-9-15-14(13)16-11-6-4-3-5-7-11/h8-9,11H,3-7H2,1-2H3,(H,15,16). The fraction of sp³-hybridized carbons (Fsp3) is 0.571. The first kappa shape index (κ1) is 11.5. The van der Waals surface area contributed by atoms with Gasteiger partial charge in [-0.05, 0) is 25.8 Å². The Labute approximate surface area is 107 Å². The van der Waals surface area contributed by atoms with Gasteiger partial charge in [0.05, 0.1) is 16.6 Å². The van der Waals surface area contributed by atoms with Crippen molar-refractivity contribution in [1.29, 1.82) is 0 Å². The molecule has 1 fully saturated rings. The van der Waals surface area contributed by atoms with E-state index < -0.39 is 0 Å². The van der Waals surface area contributed by atoms with Crippen LogP contribution in [0.5, 0.6) is 0 Å². The molecule has 2 aromatic rings. The third-order valence-corrected chi connectivity index (χ3v) is 3.89. The fourth-order valence-electron chi connectivity index (χ4n) is 2.96. The van der Waals surface area contributed by atoms with E-state index in [1.165, 1.54) is 37.5 Å². The molecule has 0 aliphatic heterocycles. The minimum atomic E-state index is 0.580. The van der Waals surface area contributed by atoms with Gasteiger partial charge in [-0.25, -0.2) is 4.98 Å². The molecule has 0 amide bonds. The Bertz CT molecular complexity index is 552. The number of hydrogen-bond donors (Lipinski definition) is 1. The highest BCUT2D eigenvalue weighted by molar-refractivity contribution is 5.91. The van der Waals surface area contributed by atoms with Crippen LogP contribution in [0.4, 0.5) is 5.82 Å². The minimum absolute atomic E-state index is 0.580. The Kier molecular flexibility index (Phi) is 2.94. The van der Waals surface area contributed by atoms with Crippen molar-refractivity contribution < 1.29 is 0 Å². The predicted molar refractivity (Wildman–Crippen MR) is 73.7 cm³/mol. The topological polar surface area (TPSA) is 42.7 Å². The van der Waals surface area contributed by atoms with Crippen LogP contribution in [0.2, 0.25) is 0 Å². The summed E-state index contributed by atoms with van der Waals surface area (Å²) in [5.74, 6) is 1.00. The summed E-state index contributed by atoms with van der Waals surface area (Å²) in [4.78, 5) is 4.51. The maximum Gasteiger partial charge on any atom is 0.137 e. The van der Waals surface area contributed by atoms with Crippen LogP contribution in [-0.2, 0) is 7.05 Å². The molecule has 3 rings (SSSR count). The van der Waals surface area contributed by atoms with Crippen molar-refractivity contribution in [3.63, 3.8) is 0 Å². The second kappa shape index (κ2) is 4.59. The summed E-state index contributed by atoms with van der Waals surface area (Å²) < 4.78 is 1.93. The number of nitrogens with zero attached hydrogens (tertiary/aromatic N) is 3. The van der Waals surface area contributed by atoms with Gasteiger partial charge in [-0.3, -0.25) is 4.68 Å². The van der Waals surface area contributed by atoms with Crippen LogP contribution in [0.25, 0.3) is 10.9 Å². The average Bonchev–Trinajstić information content (AvgIpc) is 2.67. The lowest BCUT2D eigenvalue weighted by molar-refractivity contribution is 0.462. The van der Waals surface area contributed by atoms with E-state index in [2.05, 4.69) is 22.3 Å². The number of rotatable bonds is 2. The minimum Gasteiger partial charge on any atom is -0.367 e. The second-order valence-corrected chi connectivity index (χ2v) is 5.24. The van der Waals surface area contributed by atoms with Crippen LogP contribution in [0, 0.1) is 6.92 Å². The third-order valence-electron chi connectivity index (χ3n) is 3.89. The summed E-state index contributed by atoms with van der Waals surface area (Å²) in [5, 5.41) is 9.27. The molecular weight excluding hydrogens is 224 g/mol. The quantitative estimate of drug-likeness (QED) is 0.883. The summed E-state index contributed by atoms with van der Waals surface area (Å²) >= 11 is 0. The number of aryl methyl sites for hydroxylation is 2. The van der Waals surface area contributed by atoms with Gasteiger partial charge >= 0.3 is 0 Å². The normalized spacial score (nSPS) is 17.2. The molecule has 2 heterocycles. The van der Waals surface area contributed by atoms with Crippen molar-refractivity contribution in [2.24, 2.45) is 7.05 Å². The molecular formula is C14H20N4. The largest absolute Gasteiger partial charge is 0.367 e. The van der Waals surface area contributed by atoms with Gasteiger partial charge in [0, 0.05) is 19.3 Å². The lowest BCUT2D eigenvalue weighted by Crippen LogP contribution is -2.22. The highest BCUT2D eigenvalue weighted by atomic mass is 15.3. The Morgan fingerprint density at radius 2 is 2.06 bits per heavy atom. The number of anilines is 1. The van der Waals surface area contributed by atoms with Crippen LogP contribution in [0.1, 0.15) is 37.8 Å². The zero-order chi connectivity index (χ0) is 12.5. The van der Waals surface area contributed by atoms with Crippen molar-refractivity contribution in [3.05, 3.63) is 18.0 Å². The molecule has 18 heavy (non-hydrogen) atoms. The Morgan fingerprint density at radius 3 is 2.83 bits per heavy atom. The number of nitrogens with one attached hydrogen (secondary N) is 1. The first-order valence-electron chi connectivity index (χ1n) is 6.80. The van der Waals surface area contributed by atoms with Crippen molar-refractivity contribution >= 4 is 16.7 Å². The van der Waals surface area contributed by atoms with E-state index in [1.54, 1.807) is 0 Å². The van der Waals surface area contributed by atoms with Crippen molar-refractivity contribution in [2.75, 3.05) is 5.32 Å². The molecule has 0 unspecified atom stereocenters. The predicted octanol–water partition coefficient (Wildman–Crippen LogP) is 3.02. The summed E-state index contributed by atoms with van der Waals surface area (Å²) in [7, 11) is 1.99. The molecule has 4 heteroatoms. The second-order valence-electron chi connectivity index (χ2n) is 5.24. The van der Waals surface area contributed by atoms with E-state index in [1.807, 2.05) is 24.0 Å². The monoisotopic (exact) mass is 244 g/mol. The summed E-state index contributed by atoms with van der Waals surface area (Å²) in [6.45, 7) is 2.05. The highest BCUT2D eigenvalue weighted by Crippen LogP contribution is 2.27. The van der Waals surface area contributed by atoms with Gasteiger partial charge in [0.25, 0.3) is 0 Å². The van der Waals surface area contributed by atoms with Crippen LogP contribution >= 0.6 is 0 Å². The number of hydrogen-bond acceptors (Lipinski definition) is 3. The van der Waals surface area contributed by atoms with Crippen LogP contribution in [-0.4, -0.2) is 20.8 Å². The van der Waals surface area contributed by atoms with Crippen LogP contribution in [0.3, 0.4) is 0 Å². The third kappa shape index (κ3) is 1.96. The van der Waals surface area contributed by atoms with E-state index in [0.29, 0.717) is 6.04 Å². The van der Waals surface area contributed by atoms with Gasteiger partial charge in [0.1, 0.15) is 5.82 Å². The molecule has 1 aliphatic rings. The lowest BCUT2D eigenvalue weighted by atomic mass is 9.95. The Balaban J connectivity index is 1.95. The SMILES string of the molecule is Cc1nn(C)c2ccnc(NC3CCCCC3)c12. The molecule has 4 nitrogen and oxygen atoms in total. The fourth-order valence-corrected chi connectivity index (χ4v) is 2.96. The van der Waals surface area contributed by atoms with E-state index in [9.17, 15) is 0 Å². The molecule has 1 saturated carbocycles. The molecule has 0 saturated heterocycles. The number of aromatic nitrogens is 3. The zero-order valence-corrected chi connectivity index (χ0v) is 11.1. The van der Waals surface area contributed by atoms with Gasteiger partial charge in [-0.15, -0.1) is 0 Å². The molecule has 0 bridgehead atoms. The van der Waals surface area contributed by atoms with Crippen molar-refractivity contribution in [2.45, 2.75) is 45.1 Å². The maximum absolute atomic E-state index is 4.51.